The predicted octanol–water partition coefficient (Wildman–Crippen LogP) is 4.97. The monoisotopic (exact) mass is 476 g/mol. The van der Waals surface area contributed by atoms with Gasteiger partial charge in [0.15, 0.2) is 5.16 Å². The second kappa shape index (κ2) is 8.99. The van der Waals surface area contributed by atoms with E-state index in [1.54, 1.807) is 4.57 Å². The van der Waals surface area contributed by atoms with Gasteiger partial charge < -0.3 is 5.32 Å². The number of carbonyl (C=O) groups excluding carboxylic acids is 1. The summed E-state index contributed by atoms with van der Waals surface area (Å²) in [4.78, 5) is 42.3. The first-order valence-electron chi connectivity index (χ1n) is 10.1. The Hall–Kier alpha value is -2.79. The number of thioether (sulfide) groups is 1. The third-order valence-corrected chi connectivity index (χ3v) is 7.71. The number of nitro benzene ring substituents is 1. The number of carbonyl (C=O) groups is 1. The largest absolute Gasteiger partial charge is 0.325 e. The fourth-order valence-corrected chi connectivity index (χ4v) is 5.87. The molecule has 1 N–H and O–H groups in total. The number of nitrogens with one attached hydrogen (secondary N) is 1. The van der Waals surface area contributed by atoms with Gasteiger partial charge in [-0.15, -0.1) is 11.3 Å². The lowest BCUT2D eigenvalue weighted by molar-refractivity contribution is -0.387. The number of rotatable bonds is 6. The van der Waals surface area contributed by atoms with Crippen LogP contribution in [0.25, 0.3) is 10.2 Å². The molecular formula is C21H21FN4O4S2. The van der Waals surface area contributed by atoms with Gasteiger partial charge in [-0.05, 0) is 44.4 Å². The summed E-state index contributed by atoms with van der Waals surface area (Å²) in [5.41, 5.74) is 0.299. The molecule has 1 aliphatic carbocycles. The van der Waals surface area contributed by atoms with Gasteiger partial charge in [0.1, 0.15) is 4.83 Å². The first-order valence-corrected chi connectivity index (χ1v) is 11.9. The highest BCUT2D eigenvalue weighted by atomic mass is 32.2. The van der Waals surface area contributed by atoms with Crippen molar-refractivity contribution in [3.63, 3.8) is 0 Å². The van der Waals surface area contributed by atoms with Crippen molar-refractivity contribution in [3.05, 3.63) is 54.9 Å². The lowest BCUT2D eigenvalue weighted by Crippen LogP contribution is -2.27. The van der Waals surface area contributed by atoms with Crippen LogP contribution in [0, 0.1) is 29.8 Å². The third kappa shape index (κ3) is 4.26. The van der Waals surface area contributed by atoms with E-state index in [4.69, 9.17) is 4.98 Å². The normalized spacial score (nSPS) is 14.2. The van der Waals surface area contributed by atoms with E-state index < -0.39 is 22.3 Å². The molecule has 8 nitrogen and oxygen atoms in total. The Kier molecular flexibility index (Phi) is 6.29. The van der Waals surface area contributed by atoms with E-state index in [1.807, 2.05) is 13.8 Å². The lowest BCUT2D eigenvalue weighted by Gasteiger charge is -2.18. The third-order valence-electron chi connectivity index (χ3n) is 5.65. The molecule has 0 spiro atoms. The van der Waals surface area contributed by atoms with Crippen LogP contribution < -0.4 is 10.9 Å². The summed E-state index contributed by atoms with van der Waals surface area (Å²) in [6.45, 7) is 3.89. The van der Waals surface area contributed by atoms with Crippen LogP contribution in [0.15, 0.2) is 28.2 Å². The predicted molar refractivity (Wildman–Crippen MR) is 123 cm³/mol. The molecule has 0 bridgehead atoms. The number of hydrogen-bond donors (Lipinski definition) is 1. The number of nitrogens with zero attached hydrogens (tertiary/aromatic N) is 3. The van der Waals surface area contributed by atoms with Crippen LogP contribution in [0.3, 0.4) is 0 Å². The SMILES string of the molecule is Cc1sc2nc(SCC(=O)Nc3ccc(F)c([N+](=O)[O-])c3)n(C3CCCC3)c(=O)c2c1C. The van der Waals surface area contributed by atoms with Crippen molar-refractivity contribution < 1.29 is 14.1 Å². The smallest absolute Gasteiger partial charge is 0.306 e. The van der Waals surface area contributed by atoms with Gasteiger partial charge in [-0.3, -0.25) is 24.3 Å². The summed E-state index contributed by atoms with van der Waals surface area (Å²) >= 11 is 2.62. The van der Waals surface area contributed by atoms with Crippen molar-refractivity contribution >= 4 is 50.6 Å². The van der Waals surface area contributed by atoms with E-state index >= 15 is 0 Å². The number of hydrogen-bond acceptors (Lipinski definition) is 7. The Morgan fingerprint density at radius 1 is 1.38 bits per heavy atom. The summed E-state index contributed by atoms with van der Waals surface area (Å²) in [7, 11) is 0. The topological polar surface area (TPSA) is 107 Å². The van der Waals surface area contributed by atoms with Crippen LogP contribution >= 0.6 is 23.1 Å². The van der Waals surface area contributed by atoms with E-state index in [1.165, 1.54) is 17.4 Å². The summed E-state index contributed by atoms with van der Waals surface area (Å²) < 4.78 is 15.2. The number of aromatic nitrogens is 2. The van der Waals surface area contributed by atoms with E-state index in [2.05, 4.69) is 5.32 Å². The molecule has 0 aliphatic heterocycles. The zero-order valence-corrected chi connectivity index (χ0v) is 19.1. The molecule has 2 aromatic heterocycles. The molecular weight excluding hydrogens is 455 g/mol. The second-order valence-corrected chi connectivity index (χ2v) is 9.88. The Morgan fingerprint density at radius 3 is 2.78 bits per heavy atom. The highest BCUT2D eigenvalue weighted by molar-refractivity contribution is 7.99. The van der Waals surface area contributed by atoms with Gasteiger partial charge in [0.05, 0.1) is 16.1 Å². The lowest BCUT2D eigenvalue weighted by atomic mass is 10.2. The fraction of sp³-hybridized carbons (Fsp3) is 0.381. The molecule has 2 heterocycles. The quantitative estimate of drug-likeness (QED) is 0.233. The number of benzene rings is 1. The molecule has 1 aliphatic rings. The average molecular weight is 477 g/mol. The molecule has 0 atom stereocenters. The summed E-state index contributed by atoms with van der Waals surface area (Å²) in [5.74, 6) is -1.44. The van der Waals surface area contributed by atoms with Gasteiger partial charge >= 0.3 is 5.69 Å². The Labute approximate surface area is 191 Å². The average Bonchev–Trinajstić information content (AvgIpc) is 3.36. The minimum absolute atomic E-state index is 0.0425. The van der Waals surface area contributed by atoms with E-state index in [0.717, 1.165) is 60.0 Å². The zero-order chi connectivity index (χ0) is 23.0. The highest BCUT2D eigenvalue weighted by Gasteiger charge is 2.25. The molecule has 1 fully saturated rings. The van der Waals surface area contributed by atoms with Crippen molar-refractivity contribution in [1.29, 1.82) is 0 Å². The van der Waals surface area contributed by atoms with Crippen LogP contribution in [0.1, 0.15) is 42.2 Å². The number of amides is 1. The Bertz CT molecular complexity index is 1280. The molecule has 11 heteroatoms. The van der Waals surface area contributed by atoms with Gasteiger partial charge in [-0.25, -0.2) is 4.98 Å². The molecule has 0 unspecified atom stereocenters. The minimum atomic E-state index is -0.970. The molecule has 0 saturated heterocycles. The zero-order valence-electron chi connectivity index (χ0n) is 17.5. The maximum absolute atomic E-state index is 13.5. The summed E-state index contributed by atoms with van der Waals surface area (Å²) in [6.07, 6.45) is 3.89. The van der Waals surface area contributed by atoms with Gasteiger partial charge in [0.25, 0.3) is 5.56 Å². The van der Waals surface area contributed by atoms with Crippen molar-refractivity contribution in [1.82, 2.24) is 9.55 Å². The molecule has 32 heavy (non-hydrogen) atoms. The van der Waals surface area contributed by atoms with Gasteiger partial charge in [0, 0.05) is 22.7 Å². The molecule has 168 valence electrons. The van der Waals surface area contributed by atoms with Crippen LogP contribution in [-0.4, -0.2) is 26.1 Å². The molecule has 1 saturated carbocycles. The fourth-order valence-electron chi connectivity index (χ4n) is 3.93. The number of halogens is 1. The number of fused-ring (bicyclic) bond motifs is 1. The molecule has 1 aromatic carbocycles. The minimum Gasteiger partial charge on any atom is -0.325 e. The van der Waals surface area contributed by atoms with Crippen molar-refractivity contribution in [2.24, 2.45) is 0 Å². The first-order chi connectivity index (χ1) is 15.3. The van der Waals surface area contributed by atoms with Crippen LogP contribution in [0.2, 0.25) is 0 Å². The van der Waals surface area contributed by atoms with Gasteiger partial charge in [-0.2, -0.15) is 4.39 Å². The van der Waals surface area contributed by atoms with Crippen LogP contribution in [0.4, 0.5) is 15.8 Å². The number of aryl methyl sites for hydroxylation is 2. The molecule has 0 radical (unpaired) electrons. The van der Waals surface area contributed by atoms with Gasteiger partial charge in [0.2, 0.25) is 11.7 Å². The standard InChI is InChI=1S/C21H21FN4O4S2/c1-11-12(2)32-19-18(11)20(28)25(14-5-3-4-6-14)21(24-19)31-10-17(27)23-13-7-8-15(22)16(9-13)26(29)30/h7-9,14H,3-6,10H2,1-2H3,(H,23,27). The second-order valence-electron chi connectivity index (χ2n) is 7.73. The maximum atomic E-state index is 13.5. The van der Waals surface area contributed by atoms with Crippen LogP contribution in [-0.2, 0) is 4.79 Å². The molecule has 4 rings (SSSR count). The van der Waals surface area contributed by atoms with Crippen molar-refractivity contribution in [2.75, 3.05) is 11.1 Å². The number of nitro groups is 1. The molecule has 3 aromatic rings. The van der Waals surface area contributed by atoms with Crippen molar-refractivity contribution in [3.8, 4) is 0 Å². The Balaban J connectivity index is 1.59. The molecule has 1 amide bonds. The number of anilines is 1. The van der Waals surface area contributed by atoms with Gasteiger partial charge in [-0.1, -0.05) is 24.6 Å². The Morgan fingerprint density at radius 2 is 2.09 bits per heavy atom. The van der Waals surface area contributed by atoms with E-state index in [0.29, 0.717) is 15.4 Å². The number of thiophene rings is 1. The van der Waals surface area contributed by atoms with E-state index in [-0.39, 0.29) is 23.0 Å². The first kappa shape index (κ1) is 22.4. The maximum Gasteiger partial charge on any atom is 0.306 e. The highest BCUT2D eigenvalue weighted by Crippen LogP contribution is 2.34. The van der Waals surface area contributed by atoms with Crippen molar-refractivity contribution in [2.45, 2.75) is 50.7 Å². The van der Waals surface area contributed by atoms with Crippen LogP contribution in [0.5, 0.6) is 0 Å². The van der Waals surface area contributed by atoms with E-state index in [9.17, 15) is 24.1 Å². The summed E-state index contributed by atoms with van der Waals surface area (Å²) in [6, 6.07) is 3.24. The summed E-state index contributed by atoms with van der Waals surface area (Å²) in [5, 5.41) is 14.6.